The number of carbonyl (C=O) groups is 1. The summed E-state index contributed by atoms with van der Waals surface area (Å²) in [5, 5.41) is 3.05. The summed E-state index contributed by atoms with van der Waals surface area (Å²) < 4.78 is 0. The molecule has 23 heavy (non-hydrogen) atoms. The van der Waals surface area contributed by atoms with Gasteiger partial charge < -0.3 is 10.2 Å². The number of rotatable bonds is 4. The molecule has 1 saturated heterocycles. The Kier molecular flexibility index (Phi) is 4.75. The number of aryl methyl sites for hydroxylation is 1. The van der Waals surface area contributed by atoms with Gasteiger partial charge in [0.2, 0.25) is 0 Å². The van der Waals surface area contributed by atoms with E-state index >= 15 is 0 Å². The van der Waals surface area contributed by atoms with Gasteiger partial charge in [-0.15, -0.1) is 0 Å². The molecule has 7 heteroatoms. The molecule has 2 aromatic rings. The van der Waals surface area contributed by atoms with Gasteiger partial charge in [-0.2, -0.15) is 0 Å². The number of nitrogens with zero attached hydrogens (tertiary/aromatic N) is 5. The van der Waals surface area contributed by atoms with Crippen molar-refractivity contribution >= 4 is 11.7 Å². The minimum Gasteiger partial charge on any atom is -0.354 e. The van der Waals surface area contributed by atoms with Crippen molar-refractivity contribution in [2.75, 3.05) is 18.0 Å². The van der Waals surface area contributed by atoms with E-state index in [1.54, 1.807) is 18.6 Å². The topological polar surface area (TPSA) is 83.9 Å². The van der Waals surface area contributed by atoms with E-state index in [1.165, 1.54) is 6.33 Å². The van der Waals surface area contributed by atoms with Crippen molar-refractivity contribution in [3.8, 4) is 0 Å². The second-order valence-corrected chi connectivity index (χ2v) is 5.57. The number of amides is 1. The molecule has 1 N–H and O–H groups in total. The highest BCUT2D eigenvalue weighted by Gasteiger charge is 2.23. The maximum Gasteiger partial charge on any atom is 0.270 e. The number of hydrogen-bond donors (Lipinski definition) is 1. The summed E-state index contributed by atoms with van der Waals surface area (Å²) in [4.78, 5) is 30.8. The molecule has 3 rings (SSSR count). The minimum absolute atomic E-state index is 0.0891. The van der Waals surface area contributed by atoms with E-state index in [-0.39, 0.29) is 11.9 Å². The Balaban J connectivity index is 1.65. The van der Waals surface area contributed by atoms with Crippen LogP contribution in [0, 0.1) is 0 Å². The zero-order valence-corrected chi connectivity index (χ0v) is 13.1. The van der Waals surface area contributed by atoms with E-state index in [0.717, 1.165) is 43.9 Å². The molecule has 0 saturated carbocycles. The van der Waals surface area contributed by atoms with E-state index in [2.05, 4.69) is 37.1 Å². The largest absolute Gasteiger partial charge is 0.354 e. The summed E-state index contributed by atoms with van der Waals surface area (Å²) in [6.45, 7) is 3.77. The van der Waals surface area contributed by atoms with Crippen molar-refractivity contribution in [1.82, 2.24) is 25.3 Å². The Morgan fingerprint density at radius 1 is 1.35 bits per heavy atom. The first-order valence-corrected chi connectivity index (χ1v) is 7.89. The van der Waals surface area contributed by atoms with Crippen molar-refractivity contribution in [2.24, 2.45) is 0 Å². The number of piperidine rings is 1. The van der Waals surface area contributed by atoms with Crippen molar-refractivity contribution in [1.29, 1.82) is 0 Å². The van der Waals surface area contributed by atoms with Gasteiger partial charge in [0.05, 0.1) is 0 Å². The van der Waals surface area contributed by atoms with E-state index in [0.29, 0.717) is 5.69 Å². The van der Waals surface area contributed by atoms with Gasteiger partial charge >= 0.3 is 0 Å². The van der Waals surface area contributed by atoms with Gasteiger partial charge in [-0.1, -0.05) is 6.92 Å². The molecule has 7 nitrogen and oxygen atoms in total. The highest BCUT2D eigenvalue weighted by atomic mass is 16.1. The van der Waals surface area contributed by atoms with Gasteiger partial charge in [0, 0.05) is 37.1 Å². The predicted octanol–water partition coefficient (Wildman–Crippen LogP) is 1.23. The molecule has 0 aromatic carbocycles. The number of hydrogen-bond acceptors (Lipinski definition) is 6. The molecule has 1 aliphatic rings. The van der Waals surface area contributed by atoms with Gasteiger partial charge in [-0.3, -0.25) is 4.79 Å². The third-order valence-corrected chi connectivity index (χ3v) is 3.97. The second kappa shape index (κ2) is 7.13. The molecule has 0 radical (unpaired) electrons. The molecule has 120 valence electrons. The van der Waals surface area contributed by atoms with Crippen molar-refractivity contribution in [2.45, 2.75) is 32.2 Å². The van der Waals surface area contributed by atoms with Gasteiger partial charge in [0.1, 0.15) is 24.2 Å². The fraction of sp³-hybridized carbons (Fsp3) is 0.438. The van der Waals surface area contributed by atoms with Crippen LogP contribution in [-0.4, -0.2) is 45.0 Å². The highest BCUT2D eigenvalue weighted by molar-refractivity contribution is 5.92. The van der Waals surface area contributed by atoms with Crippen molar-refractivity contribution in [3.63, 3.8) is 0 Å². The number of carbonyl (C=O) groups excluding carboxylic acids is 1. The standard InChI is InChI=1S/C16H20N6O/c1-2-12-8-15(20-11-18-12)22-7-3-4-13(9-22)21-16(23)14-5-6-17-10-19-14/h5-6,8,10-11,13H,2-4,7,9H2,1H3,(H,21,23). The molecule has 0 aliphatic carbocycles. The number of aromatic nitrogens is 4. The maximum absolute atomic E-state index is 12.2. The second-order valence-electron chi connectivity index (χ2n) is 5.57. The Hall–Kier alpha value is -2.57. The van der Waals surface area contributed by atoms with Crippen LogP contribution in [0.15, 0.2) is 31.0 Å². The Morgan fingerprint density at radius 2 is 2.26 bits per heavy atom. The Morgan fingerprint density at radius 3 is 3.04 bits per heavy atom. The van der Waals surface area contributed by atoms with Crippen LogP contribution in [0.2, 0.25) is 0 Å². The average Bonchev–Trinajstić information content (AvgIpc) is 2.63. The Bertz CT molecular complexity index is 663. The normalized spacial score (nSPS) is 17.8. The molecule has 2 aromatic heterocycles. The first-order chi connectivity index (χ1) is 11.3. The fourth-order valence-electron chi connectivity index (χ4n) is 2.74. The molecule has 1 atom stereocenters. The smallest absolute Gasteiger partial charge is 0.270 e. The minimum atomic E-state index is -0.156. The lowest BCUT2D eigenvalue weighted by Gasteiger charge is -2.34. The van der Waals surface area contributed by atoms with E-state index in [1.807, 2.05) is 6.07 Å². The molecular weight excluding hydrogens is 292 g/mol. The number of anilines is 1. The van der Waals surface area contributed by atoms with Crippen LogP contribution in [0.5, 0.6) is 0 Å². The third kappa shape index (κ3) is 3.80. The van der Waals surface area contributed by atoms with E-state index in [9.17, 15) is 4.79 Å². The molecule has 0 bridgehead atoms. The maximum atomic E-state index is 12.2. The van der Waals surface area contributed by atoms with Crippen LogP contribution in [0.1, 0.15) is 35.9 Å². The molecule has 0 spiro atoms. The van der Waals surface area contributed by atoms with E-state index in [4.69, 9.17) is 0 Å². The molecular formula is C16H20N6O. The Labute approximate surface area is 135 Å². The average molecular weight is 312 g/mol. The fourth-order valence-corrected chi connectivity index (χ4v) is 2.74. The third-order valence-electron chi connectivity index (χ3n) is 3.97. The summed E-state index contributed by atoms with van der Waals surface area (Å²) in [7, 11) is 0. The molecule has 3 heterocycles. The zero-order chi connectivity index (χ0) is 16.1. The lowest BCUT2D eigenvalue weighted by molar-refractivity contribution is 0.0928. The van der Waals surface area contributed by atoms with Gasteiger partial charge in [0.15, 0.2) is 0 Å². The quantitative estimate of drug-likeness (QED) is 0.914. The van der Waals surface area contributed by atoms with Crippen LogP contribution in [0.4, 0.5) is 5.82 Å². The predicted molar refractivity (Wildman–Crippen MR) is 86.1 cm³/mol. The summed E-state index contributed by atoms with van der Waals surface area (Å²) in [5.41, 5.74) is 1.43. The van der Waals surface area contributed by atoms with Crippen LogP contribution in [0.3, 0.4) is 0 Å². The SMILES string of the molecule is CCc1cc(N2CCCC(NC(=O)c3ccncn3)C2)ncn1. The van der Waals surface area contributed by atoms with Gasteiger partial charge in [0.25, 0.3) is 5.91 Å². The summed E-state index contributed by atoms with van der Waals surface area (Å²) in [5.74, 6) is 0.772. The van der Waals surface area contributed by atoms with Gasteiger partial charge in [-0.25, -0.2) is 19.9 Å². The lowest BCUT2D eigenvalue weighted by Crippen LogP contribution is -2.48. The highest BCUT2D eigenvalue weighted by Crippen LogP contribution is 2.18. The molecule has 1 aliphatic heterocycles. The van der Waals surface area contributed by atoms with E-state index < -0.39 is 0 Å². The molecule has 1 fully saturated rings. The van der Waals surface area contributed by atoms with Crippen LogP contribution < -0.4 is 10.2 Å². The van der Waals surface area contributed by atoms with Crippen LogP contribution >= 0.6 is 0 Å². The first kappa shape index (κ1) is 15.3. The van der Waals surface area contributed by atoms with Crippen molar-refractivity contribution < 1.29 is 4.79 Å². The van der Waals surface area contributed by atoms with Crippen molar-refractivity contribution in [3.05, 3.63) is 42.4 Å². The molecule has 1 amide bonds. The lowest BCUT2D eigenvalue weighted by atomic mass is 10.1. The summed E-state index contributed by atoms with van der Waals surface area (Å²) in [6.07, 6.45) is 7.42. The molecule has 1 unspecified atom stereocenters. The summed E-state index contributed by atoms with van der Waals surface area (Å²) >= 11 is 0. The monoisotopic (exact) mass is 312 g/mol. The summed E-state index contributed by atoms with van der Waals surface area (Å²) in [6, 6.07) is 3.73. The van der Waals surface area contributed by atoms with Crippen LogP contribution in [0.25, 0.3) is 0 Å². The van der Waals surface area contributed by atoms with Crippen LogP contribution in [-0.2, 0) is 6.42 Å². The van der Waals surface area contributed by atoms with Gasteiger partial charge in [-0.05, 0) is 25.3 Å². The zero-order valence-electron chi connectivity index (χ0n) is 13.1. The number of nitrogens with one attached hydrogen (secondary N) is 1. The first-order valence-electron chi connectivity index (χ1n) is 7.89.